The van der Waals surface area contributed by atoms with Crippen LogP contribution in [0.15, 0.2) is 0 Å². The van der Waals surface area contributed by atoms with Crippen molar-refractivity contribution in [2.24, 2.45) is 5.73 Å². The molecule has 0 aliphatic rings. The molecule has 84 valence electrons. The van der Waals surface area contributed by atoms with Gasteiger partial charge in [0.2, 0.25) is 0 Å². The third-order valence-electron chi connectivity index (χ3n) is 2.46. The van der Waals surface area contributed by atoms with Gasteiger partial charge in [-0.2, -0.15) is 0 Å². The Morgan fingerprint density at radius 1 is 1.21 bits per heavy atom. The van der Waals surface area contributed by atoms with Crippen LogP contribution >= 0.6 is 0 Å². The minimum Gasteiger partial charge on any atom is -0.388 e. The van der Waals surface area contributed by atoms with Gasteiger partial charge in [-0.25, -0.2) is 0 Å². The molecule has 0 amide bonds. The summed E-state index contributed by atoms with van der Waals surface area (Å²) in [7, 11) is 0. The fraction of sp³-hybridized carbons (Fsp3) is 0.909. The molecule has 0 spiro atoms. The first-order valence-electron chi connectivity index (χ1n) is 5.72. The standard InChI is InChI=1S/C11H25N3/c1-4-7-14(8-5-2)10(6-3)9-11(12)13/h10H,4-9H2,1-3H3,(H3,12,13). The molecule has 14 heavy (non-hydrogen) atoms. The molecule has 0 aromatic heterocycles. The summed E-state index contributed by atoms with van der Waals surface area (Å²) in [5.74, 6) is 0.314. The Hall–Kier alpha value is -0.570. The minimum absolute atomic E-state index is 0.314. The lowest BCUT2D eigenvalue weighted by Gasteiger charge is -2.30. The molecule has 0 rings (SSSR count). The van der Waals surface area contributed by atoms with Gasteiger partial charge in [-0.3, -0.25) is 10.3 Å². The predicted octanol–water partition coefficient (Wildman–Crippen LogP) is 2.21. The molecule has 0 aromatic carbocycles. The van der Waals surface area contributed by atoms with Gasteiger partial charge in [0.05, 0.1) is 5.84 Å². The van der Waals surface area contributed by atoms with Crippen molar-refractivity contribution in [1.82, 2.24) is 4.90 Å². The second-order valence-corrected chi connectivity index (χ2v) is 3.83. The molecule has 3 heteroatoms. The maximum atomic E-state index is 7.34. The van der Waals surface area contributed by atoms with E-state index >= 15 is 0 Å². The second-order valence-electron chi connectivity index (χ2n) is 3.83. The van der Waals surface area contributed by atoms with Crippen molar-refractivity contribution in [2.75, 3.05) is 13.1 Å². The largest absolute Gasteiger partial charge is 0.388 e. The zero-order chi connectivity index (χ0) is 11.0. The van der Waals surface area contributed by atoms with Crippen LogP contribution in [0.2, 0.25) is 0 Å². The Balaban J connectivity index is 4.16. The van der Waals surface area contributed by atoms with Crippen LogP contribution in [-0.2, 0) is 0 Å². The zero-order valence-electron chi connectivity index (χ0n) is 9.84. The normalized spacial score (nSPS) is 13.1. The van der Waals surface area contributed by atoms with E-state index in [1.807, 2.05) is 0 Å². The maximum Gasteiger partial charge on any atom is 0.0921 e. The molecule has 0 saturated heterocycles. The Morgan fingerprint density at radius 2 is 1.71 bits per heavy atom. The SMILES string of the molecule is CCCN(CCC)C(CC)CC(=N)N. The molecule has 0 aliphatic carbocycles. The summed E-state index contributed by atoms with van der Waals surface area (Å²) in [5.41, 5.74) is 5.46. The lowest BCUT2D eigenvalue weighted by molar-refractivity contribution is 0.195. The molecule has 0 saturated carbocycles. The van der Waals surface area contributed by atoms with Gasteiger partial charge in [0.1, 0.15) is 0 Å². The van der Waals surface area contributed by atoms with Crippen molar-refractivity contribution in [3.8, 4) is 0 Å². The lowest BCUT2D eigenvalue weighted by atomic mass is 10.1. The van der Waals surface area contributed by atoms with Crippen LogP contribution in [0, 0.1) is 5.41 Å². The molecule has 0 aromatic rings. The van der Waals surface area contributed by atoms with Gasteiger partial charge < -0.3 is 5.73 Å². The van der Waals surface area contributed by atoms with Crippen LogP contribution in [0.5, 0.6) is 0 Å². The van der Waals surface area contributed by atoms with E-state index < -0.39 is 0 Å². The predicted molar refractivity (Wildman–Crippen MR) is 62.8 cm³/mol. The van der Waals surface area contributed by atoms with Gasteiger partial charge in [0.25, 0.3) is 0 Å². The first-order valence-corrected chi connectivity index (χ1v) is 5.72. The summed E-state index contributed by atoms with van der Waals surface area (Å²) >= 11 is 0. The average molecular weight is 199 g/mol. The van der Waals surface area contributed by atoms with E-state index in [0.29, 0.717) is 11.9 Å². The Kier molecular flexibility index (Phi) is 7.48. The third-order valence-corrected chi connectivity index (χ3v) is 2.46. The van der Waals surface area contributed by atoms with Crippen LogP contribution in [0.25, 0.3) is 0 Å². The minimum atomic E-state index is 0.314. The average Bonchev–Trinajstić information content (AvgIpc) is 2.13. The fourth-order valence-electron chi connectivity index (χ4n) is 1.84. The van der Waals surface area contributed by atoms with Gasteiger partial charge in [-0.05, 0) is 32.4 Å². The van der Waals surface area contributed by atoms with E-state index in [2.05, 4.69) is 25.7 Å². The van der Waals surface area contributed by atoms with Crippen molar-refractivity contribution in [2.45, 2.75) is 52.5 Å². The summed E-state index contributed by atoms with van der Waals surface area (Å²) in [4.78, 5) is 2.46. The highest BCUT2D eigenvalue weighted by Crippen LogP contribution is 2.09. The summed E-state index contributed by atoms with van der Waals surface area (Å²) in [6, 6.07) is 0.465. The van der Waals surface area contributed by atoms with Gasteiger partial charge in [0, 0.05) is 12.5 Å². The maximum absolute atomic E-state index is 7.34. The van der Waals surface area contributed by atoms with Crippen LogP contribution in [0.4, 0.5) is 0 Å². The first-order chi connectivity index (χ1) is 6.65. The smallest absolute Gasteiger partial charge is 0.0921 e. The number of amidine groups is 1. The molecule has 1 atom stereocenters. The number of nitrogens with one attached hydrogen (secondary N) is 1. The third kappa shape index (κ3) is 5.22. The molecule has 3 N–H and O–H groups in total. The molecular weight excluding hydrogens is 174 g/mol. The van der Waals surface area contributed by atoms with Crippen LogP contribution in [0.1, 0.15) is 46.5 Å². The van der Waals surface area contributed by atoms with E-state index in [4.69, 9.17) is 11.1 Å². The summed E-state index contributed by atoms with van der Waals surface area (Å²) in [6.07, 6.45) is 4.15. The first kappa shape index (κ1) is 13.4. The molecule has 3 nitrogen and oxygen atoms in total. The Morgan fingerprint density at radius 3 is 2.00 bits per heavy atom. The molecule has 1 unspecified atom stereocenters. The van der Waals surface area contributed by atoms with Crippen molar-refractivity contribution >= 4 is 5.84 Å². The molecule has 0 bridgehead atoms. The highest BCUT2D eigenvalue weighted by atomic mass is 15.1. The van der Waals surface area contributed by atoms with Gasteiger partial charge in [0.15, 0.2) is 0 Å². The number of hydrogen-bond donors (Lipinski definition) is 2. The zero-order valence-corrected chi connectivity index (χ0v) is 9.84. The van der Waals surface area contributed by atoms with Gasteiger partial charge in [-0.1, -0.05) is 20.8 Å². The van der Waals surface area contributed by atoms with Crippen molar-refractivity contribution in [1.29, 1.82) is 5.41 Å². The fourth-order valence-corrected chi connectivity index (χ4v) is 1.84. The van der Waals surface area contributed by atoms with E-state index in [9.17, 15) is 0 Å². The van der Waals surface area contributed by atoms with E-state index in [1.54, 1.807) is 0 Å². The number of rotatable bonds is 8. The number of nitrogens with two attached hydrogens (primary N) is 1. The molecule has 0 radical (unpaired) electrons. The van der Waals surface area contributed by atoms with Gasteiger partial charge >= 0.3 is 0 Å². The van der Waals surface area contributed by atoms with E-state index in [-0.39, 0.29) is 0 Å². The van der Waals surface area contributed by atoms with Crippen LogP contribution in [0.3, 0.4) is 0 Å². The quantitative estimate of drug-likeness (QED) is 0.465. The van der Waals surface area contributed by atoms with Crippen molar-refractivity contribution in [3.05, 3.63) is 0 Å². The lowest BCUT2D eigenvalue weighted by Crippen LogP contribution is -2.38. The molecule has 0 fully saturated rings. The molecular formula is C11H25N3. The number of nitrogens with zero attached hydrogens (tertiary/aromatic N) is 1. The highest BCUT2D eigenvalue weighted by molar-refractivity contribution is 5.77. The van der Waals surface area contributed by atoms with Crippen LogP contribution in [-0.4, -0.2) is 29.9 Å². The topological polar surface area (TPSA) is 53.1 Å². The highest BCUT2D eigenvalue weighted by Gasteiger charge is 2.15. The summed E-state index contributed by atoms with van der Waals surface area (Å²) < 4.78 is 0. The Bertz CT molecular complexity index is 151. The second kappa shape index (κ2) is 7.80. The number of hydrogen-bond acceptors (Lipinski definition) is 2. The van der Waals surface area contributed by atoms with Crippen molar-refractivity contribution < 1.29 is 0 Å². The van der Waals surface area contributed by atoms with Crippen LogP contribution < -0.4 is 5.73 Å². The summed E-state index contributed by atoms with van der Waals surface area (Å²) in [5, 5.41) is 7.34. The molecule has 0 aliphatic heterocycles. The monoisotopic (exact) mass is 199 g/mol. The van der Waals surface area contributed by atoms with E-state index in [0.717, 1.165) is 25.9 Å². The Labute approximate surface area is 88.2 Å². The van der Waals surface area contributed by atoms with Gasteiger partial charge in [-0.15, -0.1) is 0 Å². The van der Waals surface area contributed by atoms with Crippen molar-refractivity contribution in [3.63, 3.8) is 0 Å². The summed E-state index contributed by atoms with van der Waals surface area (Å²) in [6.45, 7) is 8.82. The molecule has 0 heterocycles. The van der Waals surface area contributed by atoms with E-state index in [1.165, 1.54) is 12.8 Å².